The van der Waals surface area contributed by atoms with Crippen molar-refractivity contribution in [3.63, 3.8) is 0 Å². The summed E-state index contributed by atoms with van der Waals surface area (Å²) in [5.41, 5.74) is 10.1. The summed E-state index contributed by atoms with van der Waals surface area (Å²) in [5, 5.41) is 14.8. The van der Waals surface area contributed by atoms with Crippen molar-refractivity contribution in [1.29, 1.82) is 0 Å². The number of aliphatic hydroxyl groups is 1. The molecule has 5 nitrogen and oxygen atoms in total. The average Bonchev–Trinajstić information content (AvgIpc) is 4.00. The van der Waals surface area contributed by atoms with E-state index in [2.05, 4.69) is 93.8 Å². The molecule has 4 aromatic carbocycles. The van der Waals surface area contributed by atoms with E-state index in [1.165, 1.54) is 0 Å². The molecule has 0 amide bonds. The number of allylic oxidation sites excluding steroid dienone is 2. The highest BCUT2D eigenvalue weighted by Crippen LogP contribution is 2.39. The van der Waals surface area contributed by atoms with E-state index in [1.807, 2.05) is 91.0 Å². The Morgan fingerprint density at radius 2 is 0.898 bits per heavy atom. The van der Waals surface area contributed by atoms with Crippen LogP contribution in [0.2, 0.25) is 0 Å². The number of aromatic nitrogens is 3. The summed E-state index contributed by atoms with van der Waals surface area (Å²) in [6.45, 7) is 0. The van der Waals surface area contributed by atoms with Crippen LogP contribution in [0.4, 0.5) is 0 Å². The molecule has 234 valence electrons. The highest BCUT2D eigenvalue weighted by Gasteiger charge is 2.37. The number of aliphatic imine (C=N–C) groups is 1. The van der Waals surface area contributed by atoms with Gasteiger partial charge in [-0.25, -0.2) is 4.99 Å². The molecule has 0 radical (unpaired) electrons. The summed E-state index contributed by atoms with van der Waals surface area (Å²) >= 11 is 0. The van der Waals surface area contributed by atoms with Crippen molar-refractivity contribution in [2.45, 2.75) is 5.60 Å². The first-order valence-electron chi connectivity index (χ1n) is 16.5. The van der Waals surface area contributed by atoms with E-state index in [1.54, 1.807) is 0 Å². The molecule has 5 heteroatoms. The fraction of sp³-hybridized carbons (Fsp3) is 0.0227. The molecule has 0 saturated carbocycles. The molecular formula is C44H32N4O. The SMILES string of the molecule is OC1(c2ccccc2)c2ccc([nH]2)C(c2ccccc2)=C2C=CC(=N2)/C(c2ccccc2)=c2/cc/c([nH]2)=C(\c2ccccc2)c2ccc1[nH]2. The third kappa shape index (κ3) is 4.87. The zero-order chi connectivity index (χ0) is 32.8. The molecule has 1 atom stereocenters. The quantitative estimate of drug-likeness (QED) is 0.163. The molecule has 49 heavy (non-hydrogen) atoms. The first kappa shape index (κ1) is 28.8. The van der Waals surface area contributed by atoms with Gasteiger partial charge >= 0.3 is 0 Å². The minimum atomic E-state index is -1.50. The van der Waals surface area contributed by atoms with Gasteiger partial charge in [-0.2, -0.15) is 0 Å². The van der Waals surface area contributed by atoms with E-state index in [9.17, 15) is 5.11 Å². The van der Waals surface area contributed by atoms with Crippen LogP contribution in [-0.4, -0.2) is 25.8 Å². The van der Waals surface area contributed by atoms with Crippen molar-refractivity contribution in [2.75, 3.05) is 0 Å². The minimum absolute atomic E-state index is 0.648. The molecule has 2 aliphatic heterocycles. The Bertz CT molecular complexity index is 2530. The highest BCUT2D eigenvalue weighted by molar-refractivity contribution is 6.30. The molecule has 5 heterocycles. The topological polar surface area (TPSA) is 80.0 Å². The largest absolute Gasteiger partial charge is 0.373 e. The van der Waals surface area contributed by atoms with Crippen LogP contribution in [0, 0.1) is 0 Å². The molecule has 0 saturated heterocycles. The van der Waals surface area contributed by atoms with Gasteiger partial charge in [-0.15, -0.1) is 0 Å². The third-order valence-corrected chi connectivity index (χ3v) is 9.45. The lowest BCUT2D eigenvalue weighted by Gasteiger charge is -2.27. The summed E-state index contributed by atoms with van der Waals surface area (Å²) in [6, 6.07) is 53.2. The van der Waals surface area contributed by atoms with Crippen LogP contribution >= 0.6 is 0 Å². The number of fused-ring (bicyclic) bond motifs is 7. The average molecular weight is 633 g/mol. The normalized spacial score (nSPS) is 19.2. The summed E-state index contributed by atoms with van der Waals surface area (Å²) in [6.07, 6.45) is 4.19. The van der Waals surface area contributed by atoms with Gasteiger partial charge in [0.25, 0.3) is 0 Å². The number of nitrogens with zero attached hydrogens (tertiary/aromatic N) is 1. The Morgan fingerprint density at radius 3 is 1.47 bits per heavy atom. The van der Waals surface area contributed by atoms with Gasteiger partial charge in [0.05, 0.1) is 22.8 Å². The Kier molecular flexibility index (Phi) is 6.85. The monoisotopic (exact) mass is 632 g/mol. The van der Waals surface area contributed by atoms with Crippen LogP contribution in [0.1, 0.15) is 45.0 Å². The van der Waals surface area contributed by atoms with Gasteiger partial charge < -0.3 is 20.1 Å². The van der Waals surface area contributed by atoms with Crippen LogP contribution in [0.3, 0.4) is 0 Å². The van der Waals surface area contributed by atoms with Crippen LogP contribution < -0.4 is 10.7 Å². The molecule has 7 aromatic rings. The summed E-state index contributed by atoms with van der Waals surface area (Å²) in [4.78, 5) is 16.4. The van der Waals surface area contributed by atoms with Gasteiger partial charge in [0.2, 0.25) is 0 Å². The van der Waals surface area contributed by atoms with E-state index in [4.69, 9.17) is 4.99 Å². The fourth-order valence-electron chi connectivity index (χ4n) is 7.12. The lowest BCUT2D eigenvalue weighted by molar-refractivity contribution is 0.117. The van der Waals surface area contributed by atoms with E-state index in [0.29, 0.717) is 11.4 Å². The Hall–Kier alpha value is -6.43. The Morgan fingerprint density at radius 1 is 0.429 bits per heavy atom. The van der Waals surface area contributed by atoms with Gasteiger partial charge in [0.1, 0.15) is 0 Å². The molecule has 0 fully saturated rings. The zero-order valence-corrected chi connectivity index (χ0v) is 26.6. The number of hydrogen-bond acceptors (Lipinski definition) is 2. The maximum atomic E-state index is 12.9. The molecule has 9 rings (SSSR count). The molecule has 4 N–H and O–H groups in total. The minimum Gasteiger partial charge on any atom is -0.373 e. The standard InChI is InChI=1S/C44H32N4O/c49-44(32-19-11-4-12-20-32)39-27-25-37(47-39)42(30-15-7-2-8-16-30)35-23-21-33(45-35)41(29-13-5-1-6-14-29)34-22-24-36(46-34)43(31-17-9-3-10-18-31)38-26-28-40(44)48-38/h1-28,45,47-49H/b41-33-,42-35-,43-36?. The van der Waals surface area contributed by atoms with E-state index >= 15 is 0 Å². The second-order valence-corrected chi connectivity index (χ2v) is 12.4. The molecule has 3 aromatic heterocycles. The lowest BCUT2D eigenvalue weighted by atomic mass is 9.87. The predicted octanol–water partition coefficient (Wildman–Crippen LogP) is 7.19. The fourth-order valence-corrected chi connectivity index (χ4v) is 7.12. The van der Waals surface area contributed by atoms with Crippen molar-refractivity contribution < 1.29 is 5.11 Å². The van der Waals surface area contributed by atoms with Gasteiger partial charge in [0, 0.05) is 38.8 Å². The van der Waals surface area contributed by atoms with Crippen molar-refractivity contribution >= 4 is 22.4 Å². The highest BCUT2D eigenvalue weighted by atomic mass is 16.3. The van der Waals surface area contributed by atoms with Gasteiger partial charge in [-0.3, -0.25) is 0 Å². The van der Waals surface area contributed by atoms with Crippen LogP contribution in [-0.2, 0) is 5.60 Å². The zero-order valence-electron chi connectivity index (χ0n) is 26.6. The molecular weight excluding hydrogens is 601 g/mol. The number of nitrogens with one attached hydrogen (secondary N) is 3. The van der Waals surface area contributed by atoms with Crippen LogP contribution in [0.5, 0.6) is 0 Å². The summed E-state index contributed by atoms with van der Waals surface area (Å²) in [5.74, 6) is 0. The first-order chi connectivity index (χ1) is 24.2. The molecule has 0 aliphatic carbocycles. The second-order valence-electron chi connectivity index (χ2n) is 12.4. The Balaban J connectivity index is 1.42. The van der Waals surface area contributed by atoms with E-state index in [-0.39, 0.29) is 0 Å². The molecule has 1 unspecified atom stereocenters. The predicted molar refractivity (Wildman–Crippen MR) is 196 cm³/mol. The first-order valence-corrected chi connectivity index (χ1v) is 16.5. The van der Waals surface area contributed by atoms with Crippen LogP contribution in [0.15, 0.2) is 181 Å². The number of aromatic amines is 3. The molecule has 0 spiro atoms. The van der Waals surface area contributed by atoms with Crippen molar-refractivity contribution in [2.24, 2.45) is 4.99 Å². The second kappa shape index (κ2) is 11.7. The number of H-pyrrole nitrogens is 3. The number of benzene rings is 4. The molecule has 2 aliphatic rings. The summed E-state index contributed by atoms with van der Waals surface area (Å²) in [7, 11) is 0. The smallest absolute Gasteiger partial charge is 0.169 e. The van der Waals surface area contributed by atoms with Gasteiger partial charge in [-0.05, 0) is 70.8 Å². The summed E-state index contributed by atoms with van der Waals surface area (Å²) < 4.78 is 0. The van der Waals surface area contributed by atoms with Crippen molar-refractivity contribution in [3.8, 4) is 0 Å². The van der Waals surface area contributed by atoms with Crippen molar-refractivity contribution in [1.82, 2.24) is 15.0 Å². The number of hydrogen-bond donors (Lipinski definition) is 4. The Labute approximate surface area is 283 Å². The number of rotatable bonds is 4. The maximum absolute atomic E-state index is 12.9. The maximum Gasteiger partial charge on any atom is 0.169 e. The third-order valence-electron chi connectivity index (χ3n) is 9.45. The van der Waals surface area contributed by atoms with Gasteiger partial charge in [0.15, 0.2) is 5.60 Å². The molecule has 8 bridgehead atoms. The van der Waals surface area contributed by atoms with Crippen LogP contribution in [0.25, 0.3) is 16.7 Å². The van der Waals surface area contributed by atoms with Crippen molar-refractivity contribution in [3.05, 3.63) is 231 Å². The van der Waals surface area contributed by atoms with E-state index < -0.39 is 5.60 Å². The lowest BCUT2D eigenvalue weighted by Crippen LogP contribution is -2.30. The van der Waals surface area contributed by atoms with E-state index in [0.717, 1.165) is 72.5 Å². The van der Waals surface area contributed by atoms with Gasteiger partial charge in [-0.1, -0.05) is 121 Å².